The minimum absolute atomic E-state index is 0.125. The highest BCUT2D eigenvalue weighted by Crippen LogP contribution is 2.37. The topological polar surface area (TPSA) is 12.5 Å². The molecule has 1 heterocycles. The molecule has 0 atom stereocenters. The van der Waals surface area contributed by atoms with E-state index in [0.29, 0.717) is 0 Å². The van der Waals surface area contributed by atoms with Crippen molar-refractivity contribution in [1.82, 2.24) is 0 Å². The van der Waals surface area contributed by atoms with Gasteiger partial charge in [0.2, 0.25) is 0 Å². The van der Waals surface area contributed by atoms with Crippen molar-refractivity contribution >= 4 is 31.9 Å². The molecule has 1 nitrogen and oxygen atoms in total. The molecule has 1 aliphatic rings. The average molecular weight is 410 g/mol. The van der Waals surface area contributed by atoms with E-state index in [1.807, 2.05) is 0 Å². The molecular weight excluding hydrogens is 392 g/mol. The monoisotopic (exact) mass is 408 g/mol. The van der Waals surface area contributed by atoms with Crippen LogP contribution in [0, 0.1) is 0 Å². The Balaban J connectivity index is 1.50. The molecule has 0 N–H and O–H groups in total. The van der Waals surface area contributed by atoms with Crippen LogP contribution in [0.4, 0.5) is 0 Å². The smallest absolute Gasteiger partial charge is 0.0922 e. The van der Waals surface area contributed by atoms with Gasteiger partial charge in [-0.15, -0.1) is 0 Å². The first-order valence-electron chi connectivity index (χ1n) is 7.28. The highest BCUT2D eigenvalue weighted by molar-refractivity contribution is 9.10. The summed E-state index contributed by atoms with van der Waals surface area (Å²) in [5.74, 6) is 0. The molecular formula is C18H18Br2O. The Labute approximate surface area is 143 Å². The van der Waals surface area contributed by atoms with Crippen molar-refractivity contribution in [3.8, 4) is 0 Å². The second kappa shape index (κ2) is 6.64. The van der Waals surface area contributed by atoms with Crippen molar-refractivity contribution in [2.75, 3.05) is 6.61 Å². The number of hydrogen-bond donors (Lipinski definition) is 0. The number of hydrogen-bond acceptors (Lipinski definition) is 1. The molecule has 110 valence electrons. The van der Waals surface area contributed by atoms with E-state index in [9.17, 15) is 0 Å². The van der Waals surface area contributed by atoms with Crippen molar-refractivity contribution in [3.05, 3.63) is 68.6 Å². The van der Waals surface area contributed by atoms with E-state index in [-0.39, 0.29) is 5.60 Å². The van der Waals surface area contributed by atoms with E-state index in [4.69, 9.17) is 4.74 Å². The quantitative estimate of drug-likeness (QED) is 0.570. The van der Waals surface area contributed by atoms with Gasteiger partial charge in [0.15, 0.2) is 0 Å². The average Bonchev–Trinajstić information content (AvgIpc) is 3.27. The predicted molar refractivity (Wildman–Crippen MR) is 93.6 cm³/mol. The van der Waals surface area contributed by atoms with Gasteiger partial charge in [-0.3, -0.25) is 0 Å². The molecule has 1 aliphatic heterocycles. The van der Waals surface area contributed by atoms with Gasteiger partial charge in [0.25, 0.3) is 0 Å². The zero-order valence-corrected chi connectivity index (χ0v) is 15.0. The van der Waals surface area contributed by atoms with Crippen LogP contribution in [0.15, 0.2) is 57.5 Å². The maximum atomic E-state index is 5.77. The summed E-state index contributed by atoms with van der Waals surface area (Å²) < 4.78 is 8.04. The van der Waals surface area contributed by atoms with Gasteiger partial charge >= 0.3 is 0 Å². The first-order chi connectivity index (χ1) is 10.2. The molecule has 0 bridgehead atoms. The Morgan fingerprint density at radius 1 is 0.762 bits per heavy atom. The lowest BCUT2D eigenvalue weighted by Gasteiger charge is -2.12. The van der Waals surface area contributed by atoms with Crippen molar-refractivity contribution in [2.45, 2.75) is 31.3 Å². The lowest BCUT2D eigenvalue weighted by molar-refractivity contribution is 0.274. The number of epoxide rings is 1. The Morgan fingerprint density at radius 3 is 1.48 bits per heavy atom. The largest absolute Gasteiger partial charge is 0.370 e. The normalized spacial score (nSPS) is 15.9. The zero-order chi connectivity index (χ0) is 14.7. The second-order valence-corrected chi connectivity index (χ2v) is 7.56. The number of ether oxygens (including phenoxy) is 1. The van der Waals surface area contributed by atoms with E-state index in [2.05, 4.69) is 80.4 Å². The first-order valence-corrected chi connectivity index (χ1v) is 8.87. The second-order valence-electron chi connectivity index (χ2n) is 5.72. The molecule has 0 spiro atoms. The van der Waals surface area contributed by atoms with Gasteiger partial charge in [0.1, 0.15) is 0 Å². The van der Waals surface area contributed by atoms with Crippen LogP contribution >= 0.6 is 31.9 Å². The Hall–Kier alpha value is -0.640. The summed E-state index contributed by atoms with van der Waals surface area (Å²) in [7, 11) is 0. The van der Waals surface area contributed by atoms with Crippen LogP contribution in [0.3, 0.4) is 0 Å². The summed E-state index contributed by atoms with van der Waals surface area (Å²) in [5.41, 5.74) is 2.90. The molecule has 0 aromatic heterocycles. The Bertz CT molecular complexity index is 534. The van der Waals surface area contributed by atoms with Crippen LogP contribution in [0.5, 0.6) is 0 Å². The van der Waals surface area contributed by atoms with Gasteiger partial charge in [-0.1, -0.05) is 56.1 Å². The maximum absolute atomic E-state index is 5.77. The van der Waals surface area contributed by atoms with Crippen LogP contribution in [-0.2, 0) is 17.6 Å². The lowest BCUT2D eigenvalue weighted by Crippen LogP contribution is -2.13. The first kappa shape index (κ1) is 15.3. The lowest BCUT2D eigenvalue weighted by atomic mass is 9.94. The highest BCUT2D eigenvalue weighted by atomic mass is 79.9. The highest BCUT2D eigenvalue weighted by Gasteiger charge is 2.43. The summed E-state index contributed by atoms with van der Waals surface area (Å²) in [6.07, 6.45) is 4.41. The predicted octanol–water partition coefficient (Wildman–Crippen LogP) is 5.55. The summed E-state index contributed by atoms with van der Waals surface area (Å²) in [6, 6.07) is 17.2. The van der Waals surface area contributed by atoms with E-state index in [1.54, 1.807) is 0 Å². The fourth-order valence-corrected chi connectivity index (χ4v) is 3.09. The van der Waals surface area contributed by atoms with Crippen molar-refractivity contribution < 1.29 is 4.74 Å². The van der Waals surface area contributed by atoms with Gasteiger partial charge in [-0.2, -0.15) is 0 Å². The molecule has 0 amide bonds. The number of benzene rings is 2. The van der Waals surface area contributed by atoms with Crippen LogP contribution in [0.2, 0.25) is 0 Å². The van der Waals surface area contributed by atoms with Gasteiger partial charge < -0.3 is 4.74 Å². The number of halogens is 2. The Morgan fingerprint density at radius 2 is 1.14 bits per heavy atom. The molecule has 2 aromatic carbocycles. The van der Waals surface area contributed by atoms with E-state index in [0.717, 1.165) is 41.2 Å². The maximum Gasteiger partial charge on any atom is 0.0922 e. The SMILES string of the molecule is Brc1ccc(CCC2(CCc3ccc(Br)cc3)CO2)cc1. The van der Waals surface area contributed by atoms with Crippen LogP contribution < -0.4 is 0 Å². The molecule has 3 heteroatoms. The fourth-order valence-electron chi connectivity index (χ4n) is 2.56. The number of rotatable bonds is 6. The third-order valence-electron chi connectivity index (χ3n) is 4.12. The zero-order valence-electron chi connectivity index (χ0n) is 11.8. The van der Waals surface area contributed by atoms with E-state index in [1.165, 1.54) is 11.1 Å². The van der Waals surface area contributed by atoms with Gasteiger partial charge in [0, 0.05) is 8.95 Å². The summed E-state index contributed by atoms with van der Waals surface area (Å²) >= 11 is 6.95. The van der Waals surface area contributed by atoms with Gasteiger partial charge in [-0.25, -0.2) is 0 Å². The molecule has 3 rings (SSSR count). The third-order valence-corrected chi connectivity index (χ3v) is 5.18. The third kappa shape index (κ3) is 4.41. The molecule has 0 saturated carbocycles. The van der Waals surface area contributed by atoms with Gasteiger partial charge in [-0.05, 0) is 61.1 Å². The molecule has 0 aliphatic carbocycles. The molecule has 0 radical (unpaired) electrons. The van der Waals surface area contributed by atoms with E-state index < -0.39 is 0 Å². The van der Waals surface area contributed by atoms with Crippen molar-refractivity contribution in [2.24, 2.45) is 0 Å². The molecule has 1 saturated heterocycles. The van der Waals surface area contributed by atoms with Gasteiger partial charge in [0.05, 0.1) is 12.2 Å². The van der Waals surface area contributed by atoms with Crippen LogP contribution in [0.1, 0.15) is 24.0 Å². The van der Waals surface area contributed by atoms with Crippen molar-refractivity contribution in [3.63, 3.8) is 0 Å². The van der Waals surface area contributed by atoms with Crippen LogP contribution in [-0.4, -0.2) is 12.2 Å². The minimum atomic E-state index is 0.125. The summed E-state index contributed by atoms with van der Waals surface area (Å²) in [4.78, 5) is 0. The standard InChI is InChI=1S/C18H18Br2O/c19-16-5-1-14(2-6-16)9-11-18(13-21-18)12-10-15-3-7-17(20)8-4-15/h1-8H,9-13H2. The molecule has 2 aromatic rings. The Kier molecular flexibility index (Phi) is 4.82. The summed E-state index contributed by atoms with van der Waals surface area (Å²) in [6.45, 7) is 0.917. The molecule has 21 heavy (non-hydrogen) atoms. The van der Waals surface area contributed by atoms with Crippen molar-refractivity contribution in [1.29, 1.82) is 0 Å². The number of aryl methyl sites for hydroxylation is 2. The fraction of sp³-hybridized carbons (Fsp3) is 0.333. The molecule has 0 unspecified atom stereocenters. The summed E-state index contributed by atoms with van der Waals surface area (Å²) in [5, 5.41) is 0. The van der Waals surface area contributed by atoms with E-state index >= 15 is 0 Å². The minimum Gasteiger partial charge on any atom is -0.370 e. The molecule has 1 fully saturated rings. The van der Waals surface area contributed by atoms with Crippen LogP contribution in [0.25, 0.3) is 0 Å².